The Balaban J connectivity index is 1.63. The van der Waals surface area contributed by atoms with Gasteiger partial charge in [0.25, 0.3) is 5.56 Å². The molecule has 8 nitrogen and oxygen atoms in total. The Morgan fingerprint density at radius 3 is 2.41 bits per heavy atom. The van der Waals surface area contributed by atoms with Crippen molar-refractivity contribution in [1.82, 2.24) is 9.97 Å². The number of amides is 2. The van der Waals surface area contributed by atoms with Crippen molar-refractivity contribution in [3.63, 3.8) is 0 Å². The van der Waals surface area contributed by atoms with E-state index in [1.807, 2.05) is 24.3 Å². The SMILES string of the molecule is CC(C)c1ccc(NC(=O)[C@@H]2CC(=O)Nc3nc(N4[C@H](C)CCC[C@@H]4C)[nH]c(=O)c32)cc1. The highest BCUT2D eigenvalue weighted by molar-refractivity contribution is 6.04. The quantitative estimate of drug-likeness (QED) is 0.676. The molecule has 2 aliphatic heterocycles. The monoisotopic (exact) mass is 437 g/mol. The lowest BCUT2D eigenvalue weighted by atomic mass is 9.92. The molecule has 2 aliphatic rings. The molecule has 0 bridgehead atoms. The van der Waals surface area contributed by atoms with Crippen molar-refractivity contribution >= 4 is 29.3 Å². The van der Waals surface area contributed by atoms with Crippen molar-refractivity contribution in [2.75, 3.05) is 15.5 Å². The molecule has 0 saturated carbocycles. The number of hydrogen-bond donors (Lipinski definition) is 3. The van der Waals surface area contributed by atoms with Gasteiger partial charge in [-0.1, -0.05) is 26.0 Å². The second-order valence-corrected chi connectivity index (χ2v) is 9.26. The maximum Gasteiger partial charge on any atom is 0.258 e. The summed E-state index contributed by atoms with van der Waals surface area (Å²) in [7, 11) is 0. The van der Waals surface area contributed by atoms with E-state index in [0.717, 1.165) is 19.3 Å². The summed E-state index contributed by atoms with van der Waals surface area (Å²) in [5.41, 5.74) is 1.62. The molecule has 8 heteroatoms. The number of carbonyl (C=O) groups is 2. The Morgan fingerprint density at radius 2 is 1.78 bits per heavy atom. The first-order chi connectivity index (χ1) is 15.2. The van der Waals surface area contributed by atoms with Crippen LogP contribution in [-0.2, 0) is 9.59 Å². The Hall–Kier alpha value is -3.16. The van der Waals surface area contributed by atoms with Crippen LogP contribution in [0.3, 0.4) is 0 Å². The number of rotatable bonds is 4. The second-order valence-electron chi connectivity index (χ2n) is 9.26. The number of nitrogens with one attached hydrogen (secondary N) is 3. The van der Waals surface area contributed by atoms with Crippen molar-refractivity contribution in [2.24, 2.45) is 0 Å². The number of fused-ring (bicyclic) bond motifs is 1. The predicted octanol–water partition coefficient (Wildman–Crippen LogP) is 3.73. The highest BCUT2D eigenvalue weighted by Gasteiger charge is 2.36. The van der Waals surface area contributed by atoms with Gasteiger partial charge in [0.15, 0.2) is 0 Å². The van der Waals surface area contributed by atoms with Crippen molar-refractivity contribution < 1.29 is 9.59 Å². The molecule has 1 aromatic heterocycles. The fraction of sp³-hybridized carbons (Fsp3) is 0.500. The maximum atomic E-state index is 13.1. The second kappa shape index (κ2) is 8.76. The van der Waals surface area contributed by atoms with Gasteiger partial charge in [0.1, 0.15) is 5.82 Å². The zero-order valence-corrected chi connectivity index (χ0v) is 19.1. The van der Waals surface area contributed by atoms with E-state index in [-0.39, 0.29) is 41.4 Å². The number of H-pyrrole nitrogens is 1. The molecule has 0 spiro atoms. The number of benzene rings is 1. The van der Waals surface area contributed by atoms with E-state index in [0.29, 0.717) is 17.6 Å². The topological polar surface area (TPSA) is 107 Å². The third-order valence-electron chi connectivity index (χ3n) is 6.54. The molecule has 170 valence electrons. The molecule has 3 atom stereocenters. The van der Waals surface area contributed by atoms with E-state index in [9.17, 15) is 14.4 Å². The Kier molecular flexibility index (Phi) is 6.04. The van der Waals surface area contributed by atoms with E-state index in [1.54, 1.807) is 0 Å². The van der Waals surface area contributed by atoms with E-state index in [4.69, 9.17) is 0 Å². The highest BCUT2D eigenvalue weighted by atomic mass is 16.2. The van der Waals surface area contributed by atoms with Crippen molar-refractivity contribution in [1.29, 1.82) is 0 Å². The lowest BCUT2D eigenvalue weighted by Crippen LogP contribution is -2.46. The van der Waals surface area contributed by atoms with E-state index >= 15 is 0 Å². The van der Waals surface area contributed by atoms with Crippen molar-refractivity contribution in [3.8, 4) is 0 Å². The summed E-state index contributed by atoms with van der Waals surface area (Å²) in [6.45, 7) is 8.41. The molecule has 3 heterocycles. The van der Waals surface area contributed by atoms with Gasteiger partial charge in [-0.05, 0) is 56.7 Å². The molecule has 2 amide bonds. The molecule has 0 aliphatic carbocycles. The molecule has 32 heavy (non-hydrogen) atoms. The summed E-state index contributed by atoms with van der Waals surface area (Å²) >= 11 is 0. The van der Waals surface area contributed by atoms with Gasteiger partial charge in [0.05, 0.1) is 11.5 Å². The average Bonchev–Trinajstić information content (AvgIpc) is 2.73. The summed E-state index contributed by atoms with van der Waals surface area (Å²) in [5.74, 6) is -0.600. The molecule has 3 N–H and O–H groups in total. The third kappa shape index (κ3) is 4.26. The maximum absolute atomic E-state index is 13.1. The fourth-order valence-corrected chi connectivity index (χ4v) is 4.73. The van der Waals surface area contributed by atoms with Gasteiger partial charge < -0.3 is 15.5 Å². The zero-order valence-electron chi connectivity index (χ0n) is 19.1. The number of anilines is 3. The van der Waals surface area contributed by atoms with E-state index < -0.39 is 11.8 Å². The molecule has 0 radical (unpaired) electrons. The van der Waals surface area contributed by atoms with Crippen LogP contribution in [0, 0.1) is 0 Å². The predicted molar refractivity (Wildman–Crippen MR) is 125 cm³/mol. The number of piperidine rings is 1. The van der Waals surface area contributed by atoms with Crippen LogP contribution in [0.5, 0.6) is 0 Å². The van der Waals surface area contributed by atoms with E-state index in [2.05, 4.69) is 53.2 Å². The lowest BCUT2D eigenvalue weighted by molar-refractivity contribution is -0.123. The third-order valence-corrected chi connectivity index (χ3v) is 6.54. The first-order valence-corrected chi connectivity index (χ1v) is 11.4. The number of aromatic amines is 1. The standard InChI is InChI=1S/C24H31N5O3/c1-13(2)16-8-10-17(11-9-16)25-22(31)18-12-19(30)26-21-20(18)23(32)28-24(27-21)29-14(3)6-5-7-15(29)4/h8-11,13-15,18H,5-7,12H2,1-4H3,(H,25,31)(H2,26,27,28,30,32)/t14-,15+,18-/m1/s1. The summed E-state index contributed by atoms with van der Waals surface area (Å²) in [6.07, 6.45) is 3.06. The molecular formula is C24H31N5O3. The van der Waals surface area contributed by atoms with Crippen LogP contribution in [0.25, 0.3) is 0 Å². The van der Waals surface area contributed by atoms with Crippen molar-refractivity contribution in [3.05, 3.63) is 45.7 Å². The summed E-state index contributed by atoms with van der Waals surface area (Å²) in [4.78, 5) is 48.1. The van der Waals surface area contributed by atoms with Crippen LogP contribution in [-0.4, -0.2) is 33.9 Å². The summed E-state index contributed by atoms with van der Waals surface area (Å²) < 4.78 is 0. The first kappa shape index (κ1) is 22.0. The molecule has 2 aromatic rings. The van der Waals surface area contributed by atoms with Gasteiger partial charge in [-0.2, -0.15) is 4.98 Å². The molecule has 0 unspecified atom stereocenters. The Labute approximate surface area is 187 Å². The summed E-state index contributed by atoms with van der Waals surface area (Å²) in [5, 5.41) is 5.55. The first-order valence-electron chi connectivity index (χ1n) is 11.4. The van der Waals surface area contributed by atoms with Gasteiger partial charge in [-0.3, -0.25) is 19.4 Å². The van der Waals surface area contributed by atoms with Gasteiger partial charge in [0.2, 0.25) is 17.8 Å². The van der Waals surface area contributed by atoms with Crippen LogP contribution >= 0.6 is 0 Å². The molecule has 1 fully saturated rings. The number of carbonyl (C=O) groups excluding carboxylic acids is 2. The lowest BCUT2D eigenvalue weighted by Gasteiger charge is -2.39. The Morgan fingerprint density at radius 1 is 1.12 bits per heavy atom. The average molecular weight is 438 g/mol. The molecule has 1 aromatic carbocycles. The normalized spacial score (nSPS) is 23.0. The largest absolute Gasteiger partial charge is 0.337 e. The van der Waals surface area contributed by atoms with Crippen LogP contribution < -0.4 is 21.1 Å². The Bertz CT molecular complexity index is 1070. The van der Waals surface area contributed by atoms with Gasteiger partial charge in [-0.25, -0.2) is 0 Å². The summed E-state index contributed by atoms with van der Waals surface area (Å²) in [6, 6.07) is 8.05. The van der Waals surface area contributed by atoms with Crippen LogP contribution in [0.15, 0.2) is 29.1 Å². The van der Waals surface area contributed by atoms with Crippen LogP contribution in [0.1, 0.15) is 76.3 Å². The molecule has 1 saturated heterocycles. The minimum absolute atomic E-state index is 0.0937. The number of hydrogen-bond acceptors (Lipinski definition) is 5. The van der Waals surface area contributed by atoms with Crippen LogP contribution in [0.4, 0.5) is 17.5 Å². The van der Waals surface area contributed by atoms with E-state index in [1.165, 1.54) is 5.56 Å². The highest BCUT2D eigenvalue weighted by Crippen LogP contribution is 2.32. The van der Waals surface area contributed by atoms with Gasteiger partial charge >= 0.3 is 0 Å². The van der Waals surface area contributed by atoms with Gasteiger partial charge in [0, 0.05) is 24.2 Å². The van der Waals surface area contributed by atoms with Crippen LogP contribution in [0.2, 0.25) is 0 Å². The number of nitrogens with zero attached hydrogens (tertiary/aromatic N) is 2. The minimum Gasteiger partial charge on any atom is -0.337 e. The zero-order chi connectivity index (χ0) is 23.0. The molecule has 4 rings (SSSR count). The smallest absolute Gasteiger partial charge is 0.258 e. The molecular weight excluding hydrogens is 406 g/mol. The fourth-order valence-electron chi connectivity index (χ4n) is 4.73. The number of aromatic nitrogens is 2. The van der Waals surface area contributed by atoms with Crippen molar-refractivity contribution in [2.45, 2.75) is 77.3 Å². The minimum atomic E-state index is -0.898. The van der Waals surface area contributed by atoms with Gasteiger partial charge in [-0.15, -0.1) is 0 Å².